The average molecular weight is 420 g/mol. The molecule has 2 N–H and O–H groups in total. The summed E-state index contributed by atoms with van der Waals surface area (Å²) in [6.45, 7) is 4.76. The predicted molar refractivity (Wildman–Crippen MR) is 110 cm³/mol. The molecule has 168 valence electrons. The minimum atomic E-state index is -0.502. The maximum atomic E-state index is 11.8. The summed E-state index contributed by atoms with van der Waals surface area (Å²) in [5.74, 6) is 2.69. The molecular weight excluding hydrogens is 382 g/mol. The lowest BCUT2D eigenvalue weighted by molar-refractivity contribution is -0.390. The van der Waals surface area contributed by atoms with Gasteiger partial charge in [-0.1, -0.05) is 0 Å². The van der Waals surface area contributed by atoms with Crippen molar-refractivity contribution in [3.63, 3.8) is 0 Å². The van der Waals surface area contributed by atoms with Crippen LogP contribution in [0.3, 0.4) is 0 Å². The lowest BCUT2D eigenvalue weighted by Crippen LogP contribution is -2.59. The van der Waals surface area contributed by atoms with Crippen molar-refractivity contribution in [2.45, 2.75) is 69.4 Å². The Morgan fingerprint density at radius 3 is 2.13 bits per heavy atom. The Morgan fingerprint density at radius 2 is 1.53 bits per heavy atom. The van der Waals surface area contributed by atoms with Crippen molar-refractivity contribution in [1.29, 1.82) is 0 Å². The van der Waals surface area contributed by atoms with Crippen molar-refractivity contribution in [3.8, 4) is 0 Å². The molecule has 2 saturated heterocycles. The summed E-state index contributed by atoms with van der Waals surface area (Å²) < 4.78 is 6.83. The van der Waals surface area contributed by atoms with E-state index in [2.05, 4.69) is 4.90 Å². The Kier molecular flexibility index (Phi) is 4.92. The fraction of sp³-hybridized carbons (Fsp3) is 0.957. The molecule has 5 aliphatic carbocycles. The fourth-order valence-electron chi connectivity index (χ4n) is 7.77. The van der Waals surface area contributed by atoms with Gasteiger partial charge >= 0.3 is 0 Å². The third kappa shape index (κ3) is 3.24. The van der Waals surface area contributed by atoms with Gasteiger partial charge in [-0.2, -0.15) is 9.78 Å². The van der Waals surface area contributed by atoms with Crippen LogP contribution in [0.15, 0.2) is 0 Å². The minimum Gasteiger partial charge on any atom is -0.339 e. The SMILES string of the molecule is NCC(=O)N1CCN(CC2CCC3(CC2)OOC2(O3)C3CC4CC(C3)CC2C4)CC1. The van der Waals surface area contributed by atoms with Gasteiger partial charge in [0, 0.05) is 57.4 Å². The second kappa shape index (κ2) is 7.41. The smallest absolute Gasteiger partial charge is 0.236 e. The molecule has 7 fully saturated rings. The highest BCUT2D eigenvalue weighted by molar-refractivity contribution is 5.78. The Bertz CT molecular complexity index is 641. The highest BCUT2D eigenvalue weighted by Crippen LogP contribution is 2.63. The first-order valence-electron chi connectivity index (χ1n) is 12.3. The van der Waals surface area contributed by atoms with E-state index < -0.39 is 11.6 Å². The summed E-state index contributed by atoms with van der Waals surface area (Å²) in [4.78, 5) is 28.4. The molecule has 4 bridgehead atoms. The zero-order chi connectivity index (χ0) is 20.3. The first-order valence-corrected chi connectivity index (χ1v) is 12.3. The second-order valence-electron chi connectivity index (χ2n) is 11.0. The van der Waals surface area contributed by atoms with Crippen molar-refractivity contribution in [1.82, 2.24) is 9.80 Å². The molecule has 0 unspecified atom stereocenters. The fourth-order valence-corrected chi connectivity index (χ4v) is 7.77. The van der Waals surface area contributed by atoms with E-state index in [1.807, 2.05) is 4.90 Å². The predicted octanol–water partition coefficient (Wildman–Crippen LogP) is 2.11. The van der Waals surface area contributed by atoms with E-state index in [-0.39, 0.29) is 12.5 Å². The topological polar surface area (TPSA) is 77.3 Å². The molecule has 7 heteroatoms. The molecule has 2 heterocycles. The van der Waals surface area contributed by atoms with Gasteiger partial charge in [-0.05, 0) is 62.7 Å². The largest absolute Gasteiger partial charge is 0.339 e. The summed E-state index contributed by atoms with van der Waals surface area (Å²) in [5.41, 5.74) is 5.50. The molecule has 2 spiro atoms. The molecule has 7 aliphatic rings. The first kappa shape index (κ1) is 19.9. The Labute approximate surface area is 179 Å². The van der Waals surface area contributed by atoms with Crippen LogP contribution in [0.2, 0.25) is 0 Å². The van der Waals surface area contributed by atoms with E-state index >= 15 is 0 Å². The van der Waals surface area contributed by atoms with Gasteiger partial charge in [-0.25, -0.2) is 0 Å². The van der Waals surface area contributed by atoms with Crippen LogP contribution in [-0.4, -0.2) is 66.5 Å². The monoisotopic (exact) mass is 419 g/mol. The molecule has 30 heavy (non-hydrogen) atoms. The highest BCUT2D eigenvalue weighted by atomic mass is 17.3. The lowest BCUT2D eigenvalue weighted by Gasteiger charge is -2.57. The third-order valence-corrected chi connectivity index (χ3v) is 9.23. The average Bonchev–Trinajstić information content (AvgIpc) is 3.13. The maximum Gasteiger partial charge on any atom is 0.236 e. The van der Waals surface area contributed by atoms with Crippen molar-refractivity contribution in [3.05, 3.63) is 0 Å². The number of rotatable bonds is 3. The van der Waals surface area contributed by atoms with Crippen LogP contribution in [-0.2, 0) is 19.3 Å². The van der Waals surface area contributed by atoms with Gasteiger partial charge in [0.2, 0.25) is 17.5 Å². The molecule has 7 rings (SSSR count). The zero-order valence-electron chi connectivity index (χ0n) is 18.1. The molecule has 7 nitrogen and oxygen atoms in total. The van der Waals surface area contributed by atoms with Crippen molar-refractivity contribution in [2.24, 2.45) is 35.3 Å². The first-order chi connectivity index (χ1) is 14.6. The summed E-state index contributed by atoms with van der Waals surface area (Å²) in [6.07, 6.45) is 10.7. The number of carbonyl (C=O) groups is 1. The molecule has 0 aromatic carbocycles. The number of amides is 1. The molecule has 2 aliphatic heterocycles. The van der Waals surface area contributed by atoms with Crippen LogP contribution < -0.4 is 5.73 Å². The number of carbonyl (C=O) groups excluding carboxylic acids is 1. The number of ether oxygens (including phenoxy) is 1. The molecule has 1 amide bonds. The van der Waals surface area contributed by atoms with Crippen molar-refractivity contribution < 1.29 is 19.3 Å². The Morgan fingerprint density at radius 1 is 0.900 bits per heavy atom. The van der Waals surface area contributed by atoms with Gasteiger partial charge in [0.1, 0.15) is 0 Å². The molecular formula is C23H37N3O4. The van der Waals surface area contributed by atoms with Gasteiger partial charge in [-0.3, -0.25) is 9.69 Å². The number of hydrogen-bond acceptors (Lipinski definition) is 6. The lowest BCUT2D eigenvalue weighted by atomic mass is 9.53. The van der Waals surface area contributed by atoms with E-state index in [1.54, 1.807) is 0 Å². The normalized spacial score (nSPS) is 48.2. The quantitative estimate of drug-likeness (QED) is 0.706. The van der Waals surface area contributed by atoms with E-state index in [0.29, 0.717) is 17.8 Å². The molecule has 0 radical (unpaired) electrons. The summed E-state index contributed by atoms with van der Waals surface area (Å²) in [5, 5.41) is 0. The summed E-state index contributed by atoms with van der Waals surface area (Å²) in [6, 6.07) is 0. The maximum absolute atomic E-state index is 11.8. The minimum absolute atomic E-state index is 0.0727. The van der Waals surface area contributed by atoms with Gasteiger partial charge in [0.25, 0.3) is 0 Å². The summed E-state index contributed by atoms with van der Waals surface area (Å²) in [7, 11) is 0. The number of hydrogen-bond donors (Lipinski definition) is 1. The van der Waals surface area contributed by atoms with Gasteiger partial charge in [-0.15, -0.1) is 0 Å². The standard InChI is InChI=1S/C23H37N3O4/c24-14-21(27)26-7-5-25(6-8-26)15-16-1-3-22(4-2-16)28-23(30-29-22)19-10-17-9-18(12-19)13-20(23)11-17/h16-20H,1-15,24H2. The van der Waals surface area contributed by atoms with Crippen LogP contribution in [0, 0.1) is 29.6 Å². The van der Waals surface area contributed by atoms with Crippen molar-refractivity contribution >= 4 is 5.91 Å². The third-order valence-electron chi connectivity index (χ3n) is 9.23. The van der Waals surface area contributed by atoms with Crippen molar-refractivity contribution in [2.75, 3.05) is 39.3 Å². The zero-order valence-corrected chi connectivity index (χ0v) is 18.1. The van der Waals surface area contributed by atoms with E-state index in [1.165, 1.54) is 32.1 Å². The van der Waals surface area contributed by atoms with Crippen LogP contribution >= 0.6 is 0 Å². The molecule has 0 atom stereocenters. The van der Waals surface area contributed by atoms with Gasteiger partial charge in [0.05, 0.1) is 6.54 Å². The van der Waals surface area contributed by atoms with Crippen LogP contribution in [0.5, 0.6) is 0 Å². The van der Waals surface area contributed by atoms with E-state index in [0.717, 1.165) is 70.2 Å². The number of nitrogens with zero attached hydrogens (tertiary/aromatic N) is 2. The highest BCUT2D eigenvalue weighted by Gasteiger charge is 2.66. The van der Waals surface area contributed by atoms with Gasteiger partial charge in [0.15, 0.2) is 0 Å². The number of nitrogens with two attached hydrogens (primary N) is 1. The Hall–Kier alpha value is -0.730. The molecule has 0 aromatic heterocycles. The van der Waals surface area contributed by atoms with Crippen LogP contribution in [0.4, 0.5) is 0 Å². The Balaban J connectivity index is 1.02. The van der Waals surface area contributed by atoms with E-state index in [9.17, 15) is 4.79 Å². The summed E-state index contributed by atoms with van der Waals surface area (Å²) >= 11 is 0. The molecule has 0 aromatic rings. The van der Waals surface area contributed by atoms with Crippen LogP contribution in [0.1, 0.15) is 57.8 Å². The van der Waals surface area contributed by atoms with E-state index in [4.69, 9.17) is 20.2 Å². The van der Waals surface area contributed by atoms with Gasteiger partial charge < -0.3 is 15.4 Å². The number of piperazine rings is 1. The van der Waals surface area contributed by atoms with Crippen LogP contribution in [0.25, 0.3) is 0 Å². The molecule has 5 saturated carbocycles. The second-order valence-corrected chi connectivity index (χ2v) is 11.0.